The quantitative estimate of drug-likeness (QED) is 0.350. The summed E-state index contributed by atoms with van der Waals surface area (Å²) in [6.45, 7) is 6.67. The Balaban J connectivity index is 1.36. The van der Waals surface area contributed by atoms with E-state index in [0.717, 1.165) is 30.6 Å². The average Bonchev–Trinajstić information content (AvgIpc) is 3.44. The Kier molecular flexibility index (Phi) is 7.40. The topological polar surface area (TPSA) is 142 Å². The molecule has 4 rings (SSSR count). The summed E-state index contributed by atoms with van der Waals surface area (Å²) in [5.41, 5.74) is 6.02. The number of hydrogen-bond acceptors (Lipinski definition) is 7. The van der Waals surface area contributed by atoms with Crippen molar-refractivity contribution in [3.63, 3.8) is 0 Å². The summed E-state index contributed by atoms with van der Waals surface area (Å²) in [6, 6.07) is 0.0518. The maximum Gasteiger partial charge on any atom is 0.353 e. The van der Waals surface area contributed by atoms with Crippen molar-refractivity contribution in [3.8, 4) is 0 Å². The second-order valence-electron chi connectivity index (χ2n) is 10.5. The standard InChI is InChI=1S/C24H36N4O5S/c1-11(6-12(2)29)18-19-13(3)21(20(24(32)33)28(19)23(18)31)34-17-8-16(26-10-17)9-27-22(30)14-4-5-15(25)7-14/h11,13-19,26H,4-10,25H2,1-3H3,(H,27,30)(H,32,33)/t11-,13+,14-,15+,16-,17-,18+,19+/m0/s1. The number of amides is 2. The van der Waals surface area contributed by atoms with Crippen LogP contribution in [0.15, 0.2) is 10.6 Å². The van der Waals surface area contributed by atoms with E-state index in [1.165, 1.54) is 11.8 Å². The molecule has 2 amide bonds. The van der Waals surface area contributed by atoms with Crippen LogP contribution in [-0.4, -0.2) is 70.0 Å². The van der Waals surface area contributed by atoms with E-state index in [1.807, 2.05) is 13.8 Å². The van der Waals surface area contributed by atoms with Crippen LogP contribution < -0.4 is 16.4 Å². The van der Waals surface area contributed by atoms with E-state index in [4.69, 9.17) is 5.73 Å². The normalized spacial score (nSPS) is 35.8. The number of nitrogens with zero attached hydrogens (tertiary/aromatic N) is 1. The molecular formula is C24H36N4O5S. The molecule has 4 aliphatic rings. The number of Topliss-reactive ketones (excluding diaryl/α,β-unsaturated/α-hetero) is 1. The molecular weight excluding hydrogens is 456 g/mol. The number of rotatable bonds is 9. The molecule has 1 saturated carbocycles. The van der Waals surface area contributed by atoms with Crippen LogP contribution in [0.25, 0.3) is 0 Å². The smallest absolute Gasteiger partial charge is 0.353 e. The van der Waals surface area contributed by atoms with Gasteiger partial charge in [-0.1, -0.05) is 13.8 Å². The van der Waals surface area contributed by atoms with Gasteiger partial charge in [0.2, 0.25) is 11.8 Å². The zero-order valence-corrected chi connectivity index (χ0v) is 20.9. The third-order valence-corrected chi connectivity index (χ3v) is 9.37. The minimum atomic E-state index is -1.08. The molecule has 188 valence electrons. The van der Waals surface area contributed by atoms with E-state index in [9.17, 15) is 24.3 Å². The number of thioether (sulfide) groups is 1. The van der Waals surface area contributed by atoms with Gasteiger partial charge in [-0.3, -0.25) is 9.59 Å². The number of hydrogen-bond donors (Lipinski definition) is 4. The fourth-order valence-electron chi connectivity index (χ4n) is 6.18. The molecule has 0 aromatic carbocycles. The lowest BCUT2D eigenvalue weighted by molar-refractivity contribution is -0.160. The minimum absolute atomic E-state index is 0.00425. The highest BCUT2D eigenvalue weighted by molar-refractivity contribution is 8.03. The SMILES string of the molecule is CC(=O)C[C@H](C)[C@H]1C(=O)N2C(C(=O)O)=C(S[C@@H]3CN[C@H](CNC(=O)[C@H]4CC[C@@H](N)C4)C3)[C@H](C)[C@H]12. The van der Waals surface area contributed by atoms with Gasteiger partial charge in [0.15, 0.2) is 0 Å². The maximum absolute atomic E-state index is 12.9. The molecule has 0 radical (unpaired) electrons. The van der Waals surface area contributed by atoms with Crippen molar-refractivity contribution >= 4 is 35.3 Å². The van der Waals surface area contributed by atoms with Gasteiger partial charge in [0, 0.05) is 53.6 Å². The largest absolute Gasteiger partial charge is 0.477 e. The first-order valence-electron chi connectivity index (χ1n) is 12.3. The molecule has 10 heteroatoms. The van der Waals surface area contributed by atoms with Gasteiger partial charge in [-0.05, 0) is 38.5 Å². The van der Waals surface area contributed by atoms with Crippen molar-refractivity contribution in [1.82, 2.24) is 15.5 Å². The predicted molar refractivity (Wildman–Crippen MR) is 129 cm³/mol. The molecule has 0 bridgehead atoms. The van der Waals surface area contributed by atoms with E-state index in [-0.39, 0.29) is 70.3 Å². The number of nitrogens with two attached hydrogens (primary N) is 1. The Morgan fingerprint density at radius 3 is 2.65 bits per heavy atom. The van der Waals surface area contributed by atoms with Crippen LogP contribution in [-0.2, 0) is 19.2 Å². The van der Waals surface area contributed by atoms with Gasteiger partial charge in [-0.15, -0.1) is 11.8 Å². The fourth-order valence-corrected chi connectivity index (χ4v) is 7.70. The van der Waals surface area contributed by atoms with Gasteiger partial charge in [-0.25, -0.2) is 4.79 Å². The molecule has 0 spiro atoms. The van der Waals surface area contributed by atoms with Gasteiger partial charge in [-0.2, -0.15) is 0 Å². The monoisotopic (exact) mass is 492 g/mol. The number of fused-ring (bicyclic) bond motifs is 1. The zero-order chi connectivity index (χ0) is 24.7. The number of aliphatic carboxylic acids is 1. The van der Waals surface area contributed by atoms with Crippen LogP contribution in [0.5, 0.6) is 0 Å². The first-order chi connectivity index (χ1) is 16.1. The summed E-state index contributed by atoms with van der Waals surface area (Å²) >= 11 is 1.55. The molecule has 5 N–H and O–H groups in total. The maximum atomic E-state index is 12.9. The van der Waals surface area contributed by atoms with E-state index in [1.54, 1.807) is 11.8 Å². The van der Waals surface area contributed by atoms with Crippen LogP contribution in [0.3, 0.4) is 0 Å². The molecule has 3 fully saturated rings. The number of β-lactam (4-membered cyclic amide) rings is 1. The van der Waals surface area contributed by atoms with E-state index in [2.05, 4.69) is 10.6 Å². The van der Waals surface area contributed by atoms with Crippen molar-refractivity contribution < 1.29 is 24.3 Å². The highest BCUT2D eigenvalue weighted by Crippen LogP contribution is 2.53. The Morgan fingerprint density at radius 1 is 1.29 bits per heavy atom. The molecule has 0 aromatic rings. The second kappa shape index (κ2) is 9.99. The van der Waals surface area contributed by atoms with Crippen molar-refractivity contribution in [3.05, 3.63) is 10.6 Å². The Hall–Kier alpha value is -1.91. The zero-order valence-electron chi connectivity index (χ0n) is 20.1. The van der Waals surface area contributed by atoms with Gasteiger partial charge < -0.3 is 31.2 Å². The van der Waals surface area contributed by atoms with Crippen molar-refractivity contribution in [1.29, 1.82) is 0 Å². The van der Waals surface area contributed by atoms with E-state index < -0.39 is 5.97 Å². The molecule has 1 aliphatic carbocycles. The third kappa shape index (κ3) is 4.77. The molecule has 9 nitrogen and oxygen atoms in total. The second-order valence-corrected chi connectivity index (χ2v) is 11.9. The Labute approximate surface area is 204 Å². The van der Waals surface area contributed by atoms with Crippen LogP contribution in [0.2, 0.25) is 0 Å². The van der Waals surface area contributed by atoms with Crippen molar-refractivity contribution in [2.45, 2.75) is 76.3 Å². The highest BCUT2D eigenvalue weighted by Gasteiger charge is 2.60. The molecule has 0 aromatic heterocycles. The van der Waals surface area contributed by atoms with E-state index in [0.29, 0.717) is 19.5 Å². The summed E-state index contributed by atoms with van der Waals surface area (Å²) in [4.78, 5) is 51.2. The molecule has 34 heavy (non-hydrogen) atoms. The fraction of sp³-hybridized carbons (Fsp3) is 0.750. The third-order valence-electron chi connectivity index (χ3n) is 7.86. The van der Waals surface area contributed by atoms with Crippen molar-refractivity contribution in [2.75, 3.05) is 13.1 Å². The Morgan fingerprint density at radius 2 is 2.03 bits per heavy atom. The van der Waals surface area contributed by atoms with Crippen molar-refractivity contribution in [2.24, 2.45) is 29.4 Å². The lowest BCUT2D eigenvalue weighted by Crippen LogP contribution is -2.62. The first kappa shape index (κ1) is 25.2. The number of nitrogens with one attached hydrogen (secondary N) is 2. The van der Waals surface area contributed by atoms with E-state index >= 15 is 0 Å². The number of carbonyl (C=O) groups excluding carboxylic acids is 3. The predicted octanol–water partition coefficient (Wildman–Crippen LogP) is 1.08. The van der Waals surface area contributed by atoms with Crippen LogP contribution in [0.4, 0.5) is 0 Å². The van der Waals surface area contributed by atoms with Gasteiger partial charge in [0.1, 0.15) is 11.5 Å². The molecule has 8 atom stereocenters. The number of carbonyl (C=O) groups is 4. The molecule has 0 unspecified atom stereocenters. The lowest BCUT2D eigenvalue weighted by Gasteiger charge is -2.47. The average molecular weight is 493 g/mol. The first-order valence-corrected chi connectivity index (χ1v) is 13.2. The summed E-state index contributed by atoms with van der Waals surface area (Å²) in [5, 5.41) is 16.6. The van der Waals surface area contributed by atoms with Gasteiger partial charge >= 0.3 is 5.97 Å². The molecule has 3 aliphatic heterocycles. The summed E-state index contributed by atoms with van der Waals surface area (Å²) in [6.07, 6.45) is 3.61. The van der Waals surface area contributed by atoms with Crippen LogP contribution >= 0.6 is 11.8 Å². The highest BCUT2D eigenvalue weighted by atomic mass is 32.2. The van der Waals surface area contributed by atoms with Crippen LogP contribution in [0, 0.1) is 23.7 Å². The number of ketones is 1. The minimum Gasteiger partial charge on any atom is -0.477 e. The Bertz CT molecular complexity index is 908. The van der Waals surface area contributed by atoms with Gasteiger partial charge in [0.05, 0.1) is 12.0 Å². The molecule has 2 saturated heterocycles. The lowest BCUT2D eigenvalue weighted by atomic mass is 9.73. The summed E-state index contributed by atoms with van der Waals surface area (Å²) < 4.78 is 0. The van der Waals surface area contributed by atoms with Crippen LogP contribution in [0.1, 0.15) is 52.9 Å². The molecule has 3 heterocycles. The summed E-state index contributed by atoms with van der Waals surface area (Å²) in [7, 11) is 0. The number of carboxylic acid groups (broad SMARTS) is 1. The van der Waals surface area contributed by atoms with Gasteiger partial charge in [0.25, 0.3) is 0 Å². The summed E-state index contributed by atoms with van der Waals surface area (Å²) in [5.74, 6) is -1.66. The number of carboxylic acids is 1.